The van der Waals surface area contributed by atoms with E-state index in [0.29, 0.717) is 0 Å². The predicted molar refractivity (Wildman–Crippen MR) is 177 cm³/mol. The summed E-state index contributed by atoms with van der Waals surface area (Å²) < 4.78 is 10.6. The molecule has 2 fully saturated rings. The zero-order chi connectivity index (χ0) is 31.7. The third-order valence-corrected chi connectivity index (χ3v) is 10.4. The molecule has 248 valence electrons. The van der Waals surface area contributed by atoms with Crippen LogP contribution < -0.4 is 0 Å². The van der Waals surface area contributed by atoms with Crippen molar-refractivity contribution in [2.75, 3.05) is 26.4 Å². The van der Waals surface area contributed by atoms with Crippen LogP contribution in [0.15, 0.2) is 48.1 Å². The lowest BCUT2D eigenvalue weighted by atomic mass is 9.69. The Kier molecular flexibility index (Phi) is 16.5. The van der Waals surface area contributed by atoms with E-state index in [2.05, 4.69) is 38.3 Å². The first-order chi connectivity index (χ1) is 21.3. The summed E-state index contributed by atoms with van der Waals surface area (Å²) in [5.74, 6) is 2.74. The number of rotatable bonds is 20. The molecule has 0 aromatic heterocycles. The largest absolute Gasteiger partial charge is 0.462 e. The molecule has 0 saturated heterocycles. The minimum absolute atomic E-state index is 0.00258. The Morgan fingerprint density at radius 2 is 1.39 bits per heavy atom. The van der Waals surface area contributed by atoms with Crippen LogP contribution in [-0.2, 0) is 19.1 Å². The Bertz CT molecular complexity index is 940. The molecule has 0 amide bonds. The minimum atomic E-state index is -0.636. The number of aliphatic hydroxyl groups is 2. The minimum Gasteiger partial charge on any atom is -0.462 e. The zero-order valence-corrected chi connectivity index (χ0v) is 27.5. The molecule has 0 aromatic carbocycles. The van der Waals surface area contributed by atoms with Crippen LogP contribution in [0.3, 0.4) is 0 Å². The average Bonchev–Trinajstić information content (AvgIpc) is 3.05. The van der Waals surface area contributed by atoms with Crippen LogP contribution in [0.4, 0.5) is 0 Å². The molecule has 0 spiro atoms. The lowest BCUT2D eigenvalue weighted by Gasteiger charge is -2.36. The number of hydrogen-bond donors (Lipinski definition) is 2. The van der Waals surface area contributed by atoms with Gasteiger partial charge in [-0.3, -0.25) is 0 Å². The second kappa shape index (κ2) is 20.0. The van der Waals surface area contributed by atoms with Crippen LogP contribution in [0.1, 0.15) is 116 Å². The number of hydrogen-bond acceptors (Lipinski definition) is 6. The van der Waals surface area contributed by atoms with Crippen molar-refractivity contribution in [3.8, 4) is 0 Å². The number of esters is 2. The molecule has 0 radical (unpaired) electrons. The molecule has 2 N–H and O–H groups in total. The monoisotopic (exact) mass is 612 g/mol. The summed E-state index contributed by atoms with van der Waals surface area (Å²) in [7, 11) is 0. The lowest BCUT2D eigenvalue weighted by Crippen LogP contribution is -2.25. The van der Waals surface area contributed by atoms with Crippen molar-refractivity contribution >= 4 is 11.9 Å². The summed E-state index contributed by atoms with van der Waals surface area (Å²) in [5, 5.41) is 18.2. The highest BCUT2D eigenvalue weighted by atomic mass is 16.5. The normalized spacial score (nSPS) is 24.8. The van der Waals surface area contributed by atoms with Crippen LogP contribution in [0, 0.1) is 35.5 Å². The highest BCUT2D eigenvalue weighted by Crippen LogP contribution is 2.42. The number of aliphatic hydroxyl groups excluding tert-OH is 2. The fourth-order valence-electron chi connectivity index (χ4n) is 7.42. The van der Waals surface area contributed by atoms with Crippen LogP contribution in [0.2, 0.25) is 0 Å². The number of carbonyl (C=O) groups is 2. The molecule has 3 aliphatic carbocycles. The van der Waals surface area contributed by atoms with E-state index in [1.807, 2.05) is 0 Å². The molecule has 3 aliphatic rings. The second-order valence-corrected chi connectivity index (χ2v) is 13.9. The van der Waals surface area contributed by atoms with Gasteiger partial charge < -0.3 is 19.7 Å². The maximum atomic E-state index is 11.9. The van der Waals surface area contributed by atoms with Gasteiger partial charge in [-0.15, -0.1) is 0 Å². The van der Waals surface area contributed by atoms with Gasteiger partial charge in [-0.25, -0.2) is 9.59 Å². The Morgan fingerprint density at radius 3 is 2.00 bits per heavy atom. The van der Waals surface area contributed by atoms with Crippen molar-refractivity contribution < 1.29 is 29.3 Å². The first kappa shape index (κ1) is 36.3. The molecule has 44 heavy (non-hydrogen) atoms. The van der Waals surface area contributed by atoms with Crippen molar-refractivity contribution in [2.45, 2.75) is 116 Å². The van der Waals surface area contributed by atoms with Crippen molar-refractivity contribution in [1.82, 2.24) is 0 Å². The maximum Gasteiger partial charge on any atom is 0.335 e. The van der Waals surface area contributed by atoms with E-state index in [-0.39, 0.29) is 30.3 Å². The third-order valence-electron chi connectivity index (χ3n) is 10.4. The number of carbonyl (C=O) groups excluding carboxylic acids is 2. The van der Waals surface area contributed by atoms with Crippen molar-refractivity contribution in [3.05, 3.63) is 48.1 Å². The fraction of sp³-hybridized carbons (Fsp3) is 0.737. The van der Waals surface area contributed by atoms with Gasteiger partial charge in [-0.2, -0.15) is 0 Å². The zero-order valence-electron chi connectivity index (χ0n) is 27.5. The molecule has 0 bridgehead atoms. The van der Waals surface area contributed by atoms with Gasteiger partial charge in [0.2, 0.25) is 0 Å². The van der Waals surface area contributed by atoms with Crippen molar-refractivity contribution in [3.63, 3.8) is 0 Å². The van der Waals surface area contributed by atoms with E-state index >= 15 is 0 Å². The molecule has 6 heteroatoms. The van der Waals surface area contributed by atoms with Gasteiger partial charge in [0.15, 0.2) is 0 Å². The van der Waals surface area contributed by atoms with Gasteiger partial charge >= 0.3 is 11.9 Å². The highest BCUT2D eigenvalue weighted by molar-refractivity contribution is 5.88. The summed E-state index contributed by atoms with van der Waals surface area (Å²) in [6.45, 7) is 8.57. The van der Waals surface area contributed by atoms with Crippen LogP contribution in [0.25, 0.3) is 0 Å². The number of allylic oxidation sites excluding steroid dienone is 4. The summed E-state index contributed by atoms with van der Waals surface area (Å²) in [6.07, 6.45) is 29.3. The Labute approximate surface area is 267 Å². The molecule has 0 aliphatic heterocycles. The molecule has 3 rings (SSSR count). The predicted octanol–water partition coefficient (Wildman–Crippen LogP) is 8.04. The average molecular weight is 613 g/mol. The molecule has 2 saturated carbocycles. The Morgan fingerprint density at radius 1 is 0.795 bits per heavy atom. The smallest absolute Gasteiger partial charge is 0.335 e. The van der Waals surface area contributed by atoms with Gasteiger partial charge in [0.1, 0.15) is 0 Å². The highest BCUT2D eigenvalue weighted by Gasteiger charge is 2.30. The van der Waals surface area contributed by atoms with E-state index in [1.54, 1.807) is 5.57 Å². The first-order valence-electron chi connectivity index (χ1n) is 17.6. The summed E-state index contributed by atoms with van der Waals surface area (Å²) in [5.41, 5.74) is 1.60. The Hall–Kier alpha value is -2.18. The van der Waals surface area contributed by atoms with Gasteiger partial charge in [-0.05, 0) is 68.1 Å². The molecule has 3 unspecified atom stereocenters. The first-order valence-corrected chi connectivity index (χ1v) is 17.6. The van der Waals surface area contributed by atoms with Gasteiger partial charge in [0, 0.05) is 5.92 Å². The second-order valence-electron chi connectivity index (χ2n) is 13.9. The lowest BCUT2D eigenvalue weighted by molar-refractivity contribution is -0.144. The van der Waals surface area contributed by atoms with Crippen molar-refractivity contribution in [2.24, 2.45) is 35.5 Å². The van der Waals surface area contributed by atoms with Gasteiger partial charge in [0.25, 0.3) is 0 Å². The standard InChI is InChI=1S/C38H60O6/c1-4-5-6-10-32-18-20-36-23-33(19-21-35(36)22-32)17-16-31-14-12-30(13-15-31)9-7-8-11-34(26-43-37(41)28(2)24-39)27-44-38(42)29(3)25-40/h18,20,22,30-31,33-36,39-40H,2-17,19,21,23-27H2,1H3. The van der Waals surface area contributed by atoms with E-state index < -0.39 is 25.2 Å². The van der Waals surface area contributed by atoms with Gasteiger partial charge in [0.05, 0.1) is 37.6 Å². The molecule has 0 aromatic rings. The topological polar surface area (TPSA) is 93.1 Å². The van der Waals surface area contributed by atoms with E-state index in [0.717, 1.165) is 48.9 Å². The quantitative estimate of drug-likeness (QED) is 0.0821. The number of ether oxygens (including phenoxy) is 2. The molecule has 6 nitrogen and oxygen atoms in total. The van der Waals surface area contributed by atoms with Gasteiger partial charge in [-0.1, -0.05) is 115 Å². The molecular formula is C38H60O6. The van der Waals surface area contributed by atoms with Crippen molar-refractivity contribution in [1.29, 1.82) is 0 Å². The van der Waals surface area contributed by atoms with E-state index in [1.165, 1.54) is 89.9 Å². The SMILES string of the molecule is C=C(CO)C(=O)OCC(CCCCC1CCC(CCC2CCC3C=C(CCCCC)C=CC3C2)CC1)COC(=O)C(=C)CO. The number of fused-ring (bicyclic) bond motifs is 1. The Balaban J connectivity index is 1.29. The summed E-state index contributed by atoms with van der Waals surface area (Å²) >= 11 is 0. The molecule has 0 heterocycles. The summed E-state index contributed by atoms with van der Waals surface area (Å²) in [4.78, 5) is 23.9. The molecular weight excluding hydrogens is 552 g/mol. The van der Waals surface area contributed by atoms with Crippen LogP contribution >= 0.6 is 0 Å². The van der Waals surface area contributed by atoms with E-state index in [9.17, 15) is 9.59 Å². The third kappa shape index (κ3) is 12.7. The van der Waals surface area contributed by atoms with E-state index in [4.69, 9.17) is 19.7 Å². The number of unbranched alkanes of at least 4 members (excludes halogenated alkanes) is 3. The fourth-order valence-corrected chi connectivity index (χ4v) is 7.42. The summed E-state index contributed by atoms with van der Waals surface area (Å²) in [6, 6.07) is 0. The van der Waals surface area contributed by atoms with Crippen LogP contribution in [0.5, 0.6) is 0 Å². The molecule has 3 atom stereocenters. The maximum absolute atomic E-state index is 11.9. The van der Waals surface area contributed by atoms with Crippen LogP contribution in [-0.4, -0.2) is 48.6 Å².